The van der Waals surface area contributed by atoms with E-state index < -0.39 is 10.0 Å². The van der Waals surface area contributed by atoms with E-state index in [1.807, 2.05) is 36.4 Å². The summed E-state index contributed by atoms with van der Waals surface area (Å²) < 4.78 is 28.3. The number of carbonyl (C=O) groups is 1. The Labute approximate surface area is 170 Å². The third-order valence-corrected chi connectivity index (χ3v) is 6.47. The molecule has 0 atom stereocenters. The monoisotopic (exact) mass is 409 g/mol. The first-order chi connectivity index (χ1) is 14.0. The normalized spacial score (nSPS) is 14.6. The summed E-state index contributed by atoms with van der Waals surface area (Å²) in [4.78, 5) is 14.2. The lowest BCUT2D eigenvalue weighted by atomic mass is 10.1. The summed E-state index contributed by atoms with van der Waals surface area (Å²) in [6.45, 7) is 1.51. The number of anilines is 2. The van der Waals surface area contributed by atoms with Crippen LogP contribution in [0.15, 0.2) is 71.6 Å². The molecule has 1 aliphatic heterocycles. The van der Waals surface area contributed by atoms with Crippen LogP contribution in [-0.2, 0) is 10.0 Å². The minimum atomic E-state index is -3.74. The molecule has 1 heterocycles. The number of rotatable bonds is 4. The number of likely N-dealkylation sites (tertiary alicyclic amines) is 1. The number of nitrogens with one attached hydrogen (secondary N) is 2. The third-order valence-electron chi connectivity index (χ3n) is 5.09. The van der Waals surface area contributed by atoms with Crippen molar-refractivity contribution in [1.82, 2.24) is 4.90 Å². The van der Waals surface area contributed by atoms with E-state index in [4.69, 9.17) is 0 Å². The van der Waals surface area contributed by atoms with E-state index in [-0.39, 0.29) is 10.9 Å². The molecule has 2 amide bonds. The van der Waals surface area contributed by atoms with Gasteiger partial charge in [0.1, 0.15) is 0 Å². The van der Waals surface area contributed by atoms with Crippen molar-refractivity contribution in [3.05, 3.63) is 66.7 Å². The first kappa shape index (κ1) is 19.3. The van der Waals surface area contributed by atoms with Gasteiger partial charge in [0.05, 0.1) is 10.6 Å². The van der Waals surface area contributed by atoms with Crippen LogP contribution < -0.4 is 10.0 Å². The van der Waals surface area contributed by atoms with Crippen LogP contribution >= 0.6 is 0 Å². The van der Waals surface area contributed by atoms with Crippen LogP contribution in [0.2, 0.25) is 0 Å². The van der Waals surface area contributed by atoms with E-state index >= 15 is 0 Å². The zero-order valence-corrected chi connectivity index (χ0v) is 16.8. The molecule has 0 bridgehead atoms. The molecule has 3 aromatic carbocycles. The molecule has 2 N–H and O–H groups in total. The fraction of sp³-hybridized carbons (Fsp3) is 0.227. The first-order valence-corrected chi connectivity index (χ1v) is 11.2. The van der Waals surface area contributed by atoms with Crippen molar-refractivity contribution in [1.29, 1.82) is 0 Å². The summed E-state index contributed by atoms with van der Waals surface area (Å²) in [6, 6.07) is 19.2. The maximum absolute atomic E-state index is 12.8. The van der Waals surface area contributed by atoms with Crippen molar-refractivity contribution >= 4 is 38.2 Å². The van der Waals surface area contributed by atoms with Gasteiger partial charge >= 0.3 is 6.03 Å². The molecule has 0 aliphatic carbocycles. The highest BCUT2D eigenvalue weighted by molar-refractivity contribution is 7.92. The third kappa shape index (κ3) is 4.35. The van der Waals surface area contributed by atoms with E-state index in [2.05, 4.69) is 10.0 Å². The quantitative estimate of drug-likeness (QED) is 0.658. The van der Waals surface area contributed by atoms with E-state index in [1.165, 1.54) is 12.1 Å². The fourth-order valence-corrected chi connectivity index (χ4v) is 4.61. The molecule has 0 radical (unpaired) electrons. The summed E-state index contributed by atoms with van der Waals surface area (Å²) in [5, 5.41) is 4.63. The smallest absolute Gasteiger partial charge is 0.321 e. The number of piperidine rings is 1. The Morgan fingerprint density at radius 3 is 2.28 bits per heavy atom. The molecule has 29 heavy (non-hydrogen) atoms. The fourth-order valence-electron chi connectivity index (χ4n) is 3.54. The Kier molecular flexibility index (Phi) is 5.40. The highest BCUT2D eigenvalue weighted by Gasteiger charge is 2.18. The summed E-state index contributed by atoms with van der Waals surface area (Å²) in [5.74, 6) is 0. The highest BCUT2D eigenvalue weighted by Crippen LogP contribution is 2.26. The number of carbonyl (C=O) groups excluding carboxylic acids is 1. The summed E-state index contributed by atoms with van der Waals surface area (Å²) in [7, 11) is -3.74. The van der Waals surface area contributed by atoms with Gasteiger partial charge in [-0.1, -0.05) is 36.4 Å². The van der Waals surface area contributed by atoms with Gasteiger partial charge in [0.2, 0.25) is 0 Å². The van der Waals surface area contributed by atoms with Crippen molar-refractivity contribution in [2.24, 2.45) is 0 Å². The average Bonchev–Trinajstić information content (AvgIpc) is 2.75. The Hall–Kier alpha value is -3.06. The lowest BCUT2D eigenvalue weighted by Gasteiger charge is -2.26. The molecule has 0 aromatic heterocycles. The molecule has 1 aliphatic rings. The highest BCUT2D eigenvalue weighted by atomic mass is 32.2. The Balaban J connectivity index is 1.49. The van der Waals surface area contributed by atoms with Crippen molar-refractivity contribution in [3.63, 3.8) is 0 Å². The van der Waals surface area contributed by atoms with Gasteiger partial charge in [0.25, 0.3) is 10.0 Å². The number of amides is 2. The molecule has 4 rings (SSSR count). The van der Waals surface area contributed by atoms with Crippen LogP contribution in [0.25, 0.3) is 10.8 Å². The van der Waals surface area contributed by atoms with Crippen LogP contribution in [0.1, 0.15) is 19.3 Å². The lowest BCUT2D eigenvalue weighted by Crippen LogP contribution is -2.38. The van der Waals surface area contributed by atoms with Crippen LogP contribution in [0, 0.1) is 0 Å². The molecule has 0 saturated carbocycles. The second-order valence-corrected chi connectivity index (χ2v) is 8.82. The second-order valence-electron chi connectivity index (χ2n) is 7.13. The summed E-state index contributed by atoms with van der Waals surface area (Å²) in [5.41, 5.74) is 1.11. The number of nitrogens with zero attached hydrogens (tertiary/aromatic N) is 1. The number of sulfonamides is 1. The van der Waals surface area contributed by atoms with Crippen LogP contribution in [0.3, 0.4) is 0 Å². The predicted octanol–water partition coefficient (Wildman–Crippen LogP) is 4.66. The van der Waals surface area contributed by atoms with Crippen LogP contribution in [0.4, 0.5) is 16.2 Å². The summed E-state index contributed by atoms with van der Waals surface area (Å²) in [6.07, 6.45) is 3.19. The van der Waals surface area contributed by atoms with Crippen molar-refractivity contribution < 1.29 is 13.2 Å². The first-order valence-electron chi connectivity index (χ1n) is 9.69. The van der Waals surface area contributed by atoms with E-state index in [0.717, 1.165) is 43.1 Å². The van der Waals surface area contributed by atoms with Gasteiger partial charge in [0.15, 0.2) is 0 Å². The molecular weight excluding hydrogens is 386 g/mol. The number of hydrogen-bond acceptors (Lipinski definition) is 3. The number of hydrogen-bond donors (Lipinski definition) is 2. The minimum absolute atomic E-state index is 0.140. The van der Waals surface area contributed by atoms with Gasteiger partial charge in [-0.25, -0.2) is 13.2 Å². The largest absolute Gasteiger partial charge is 0.325 e. The minimum Gasteiger partial charge on any atom is -0.325 e. The van der Waals surface area contributed by atoms with Gasteiger partial charge < -0.3 is 10.2 Å². The molecule has 1 fully saturated rings. The Morgan fingerprint density at radius 2 is 1.52 bits per heavy atom. The van der Waals surface area contributed by atoms with Gasteiger partial charge in [-0.15, -0.1) is 0 Å². The Morgan fingerprint density at radius 1 is 0.828 bits per heavy atom. The van der Waals surface area contributed by atoms with Gasteiger partial charge in [-0.3, -0.25) is 4.72 Å². The van der Waals surface area contributed by atoms with Crippen LogP contribution in [0.5, 0.6) is 0 Å². The zero-order valence-electron chi connectivity index (χ0n) is 16.0. The number of benzene rings is 3. The maximum Gasteiger partial charge on any atom is 0.321 e. The van der Waals surface area contributed by atoms with Gasteiger partial charge in [-0.2, -0.15) is 0 Å². The van der Waals surface area contributed by atoms with Gasteiger partial charge in [0, 0.05) is 24.2 Å². The molecule has 7 heteroatoms. The van der Waals surface area contributed by atoms with Crippen molar-refractivity contribution in [2.45, 2.75) is 24.2 Å². The van der Waals surface area contributed by atoms with Crippen molar-refractivity contribution in [2.75, 3.05) is 23.1 Å². The van der Waals surface area contributed by atoms with Gasteiger partial charge in [-0.05, 0) is 55.0 Å². The molecule has 3 aromatic rings. The molecule has 150 valence electrons. The maximum atomic E-state index is 12.8. The molecule has 0 spiro atoms. The number of urea groups is 1. The average molecular weight is 410 g/mol. The molecular formula is C22H23N3O3S. The lowest BCUT2D eigenvalue weighted by molar-refractivity contribution is 0.200. The Bertz CT molecular complexity index is 1120. The second kappa shape index (κ2) is 8.13. The molecule has 1 saturated heterocycles. The zero-order chi connectivity index (χ0) is 20.3. The molecule has 6 nitrogen and oxygen atoms in total. The van der Waals surface area contributed by atoms with Crippen molar-refractivity contribution in [3.8, 4) is 0 Å². The predicted molar refractivity (Wildman–Crippen MR) is 116 cm³/mol. The van der Waals surface area contributed by atoms with E-state index in [1.54, 1.807) is 23.1 Å². The van der Waals surface area contributed by atoms with E-state index in [9.17, 15) is 13.2 Å². The van der Waals surface area contributed by atoms with Crippen LogP contribution in [-0.4, -0.2) is 32.4 Å². The topological polar surface area (TPSA) is 78.5 Å². The SMILES string of the molecule is O=C(Nc1ccc(S(=O)(=O)Nc2cccc3ccccc23)cc1)N1CCCCC1. The molecule has 0 unspecified atom stereocenters. The number of fused-ring (bicyclic) bond motifs is 1. The van der Waals surface area contributed by atoms with E-state index in [0.29, 0.717) is 11.4 Å². The standard InChI is InChI=1S/C22H23N3O3S/c26-22(25-15-4-1-5-16-25)23-18-11-13-19(14-12-18)29(27,28)24-21-10-6-8-17-7-2-3-9-20(17)21/h2-3,6-14,24H,1,4-5,15-16H2,(H,23,26). The summed E-state index contributed by atoms with van der Waals surface area (Å²) >= 11 is 0.